The zero-order valence-electron chi connectivity index (χ0n) is 11.3. The number of aromatic amines is 1. The highest BCUT2D eigenvalue weighted by Gasteiger charge is 2.11. The van der Waals surface area contributed by atoms with Gasteiger partial charge in [0.25, 0.3) is 0 Å². The van der Waals surface area contributed by atoms with Gasteiger partial charge in [-0.1, -0.05) is 0 Å². The van der Waals surface area contributed by atoms with E-state index in [1.165, 1.54) is 0 Å². The van der Waals surface area contributed by atoms with Crippen molar-refractivity contribution in [2.24, 2.45) is 0 Å². The van der Waals surface area contributed by atoms with Crippen LogP contribution in [0, 0.1) is 11.3 Å². The molecule has 7 heteroatoms. The zero-order chi connectivity index (χ0) is 14.7. The van der Waals surface area contributed by atoms with Crippen LogP contribution in [0.1, 0.15) is 12.5 Å². The van der Waals surface area contributed by atoms with E-state index in [0.717, 1.165) is 0 Å². The molecule has 104 valence electrons. The highest BCUT2D eigenvalue weighted by molar-refractivity contribution is 5.80. The molecule has 0 aliphatic carbocycles. The average Bonchev–Trinajstić information content (AvgIpc) is 2.97. The molecule has 1 aromatic carbocycles. The molecular weight excluding hydrogens is 268 g/mol. The summed E-state index contributed by atoms with van der Waals surface area (Å²) < 4.78 is 5.78. The number of hydrogen-bond donors (Lipinski definition) is 2. The fraction of sp³-hybridized carbons (Fsp3) is 0.143. The van der Waals surface area contributed by atoms with Crippen LogP contribution < -0.4 is 10.1 Å². The molecule has 0 saturated carbocycles. The Morgan fingerprint density at radius 3 is 2.81 bits per heavy atom. The minimum Gasteiger partial charge on any atom is -0.438 e. The van der Waals surface area contributed by atoms with Crippen LogP contribution in [0.2, 0.25) is 0 Å². The van der Waals surface area contributed by atoms with Gasteiger partial charge in [0, 0.05) is 6.54 Å². The molecule has 7 nitrogen and oxygen atoms in total. The van der Waals surface area contributed by atoms with Gasteiger partial charge in [-0.25, -0.2) is 0 Å². The van der Waals surface area contributed by atoms with Crippen molar-refractivity contribution in [2.75, 3.05) is 11.9 Å². The van der Waals surface area contributed by atoms with Crippen molar-refractivity contribution in [3.8, 4) is 17.7 Å². The molecule has 0 atom stereocenters. The quantitative estimate of drug-likeness (QED) is 0.761. The number of ether oxygens (including phenoxy) is 1. The first kappa shape index (κ1) is 12.9. The SMILES string of the molecule is CCNc1nc(Oc2ccc(C#N)cc2)c2cn[nH]c2n1. The number of rotatable bonds is 4. The van der Waals surface area contributed by atoms with Crippen LogP contribution in [0.4, 0.5) is 5.95 Å². The molecule has 0 bridgehead atoms. The number of aromatic nitrogens is 4. The number of nitriles is 1. The van der Waals surface area contributed by atoms with E-state index in [-0.39, 0.29) is 0 Å². The van der Waals surface area contributed by atoms with Crippen LogP contribution >= 0.6 is 0 Å². The largest absolute Gasteiger partial charge is 0.438 e. The first-order valence-electron chi connectivity index (χ1n) is 6.43. The molecule has 0 radical (unpaired) electrons. The van der Waals surface area contributed by atoms with Crippen LogP contribution in [-0.2, 0) is 0 Å². The van der Waals surface area contributed by atoms with Crippen LogP contribution in [0.5, 0.6) is 11.6 Å². The summed E-state index contributed by atoms with van der Waals surface area (Å²) in [6.45, 7) is 2.66. The lowest BCUT2D eigenvalue weighted by molar-refractivity contribution is 0.469. The van der Waals surface area contributed by atoms with Gasteiger partial charge in [0.1, 0.15) is 11.1 Å². The maximum atomic E-state index is 8.80. The Kier molecular flexibility index (Phi) is 3.35. The molecule has 21 heavy (non-hydrogen) atoms. The molecule has 2 N–H and O–H groups in total. The summed E-state index contributed by atoms with van der Waals surface area (Å²) in [5, 5.41) is 19.3. The minimum atomic E-state index is 0.411. The van der Waals surface area contributed by atoms with Crippen molar-refractivity contribution < 1.29 is 4.74 Å². The second-order valence-electron chi connectivity index (χ2n) is 4.25. The molecule has 0 unspecified atom stereocenters. The van der Waals surface area contributed by atoms with Gasteiger partial charge >= 0.3 is 0 Å². The van der Waals surface area contributed by atoms with Gasteiger partial charge in [0.05, 0.1) is 17.8 Å². The number of hydrogen-bond acceptors (Lipinski definition) is 6. The summed E-state index contributed by atoms with van der Waals surface area (Å²) in [5.41, 5.74) is 1.18. The highest BCUT2D eigenvalue weighted by Crippen LogP contribution is 2.27. The summed E-state index contributed by atoms with van der Waals surface area (Å²) in [6, 6.07) is 8.88. The maximum absolute atomic E-state index is 8.80. The average molecular weight is 280 g/mol. The van der Waals surface area contributed by atoms with Crippen molar-refractivity contribution in [3.63, 3.8) is 0 Å². The maximum Gasteiger partial charge on any atom is 0.235 e. The van der Waals surface area contributed by atoms with Gasteiger partial charge in [-0.05, 0) is 31.2 Å². The Morgan fingerprint density at radius 1 is 1.29 bits per heavy atom. The Bertz CT molecular complexity index is 802. The smallest absolute Gasteiger partial charge is 0.235 e. The third-order valence-electron chi connectivity index (χ3n) is 2.81. The van der Waals surface area contributed by atoms with Gasteiger partial charge in [-0.2, -0.15) is 20.3 Å². The summed E-state index contributed by atoms with van der Waals surface area (Å²) in [7, 11) is 0. The molecule has 0 aliphatic rings. The molecular formula is C14H12N6O. The van der Waals surface area contributed by atoms with E-state index in [1.807, 2.05) is 6.92 Å². The lowest BCUT2D eigenvalue weighted by atomic mass is 10.2. The van der Waals surface area contributed by atoms with Crippen molar-refractivity contribution >= 4 is 17.0 Å². The van der Waals surface area contributed by atoms with Gasteiger partial charge in [0.15, 0.2) is 5.65 Å². The van der Waals surface area contributed by atoms with Crippen molar-refractivity contribution in [1.29, 1.82) is 5.26 Å². The standard InChI is InChI=1S/C14H12N6O/c1-2-16-14-18-12-11(8-17-20-12)13(19-14)21-10-5-3-9(7-15)4-6-10/h3-6,8H,2H2,1H3,(H2,16,17,18,19,20). The monoisotopic (exact) mass is 280 g/mol. The highest BCUT2D eigenvalue weighted by atomic mass is 16.5. The van der Waals surface area contributed by atoms with E-state index in [4.69, 9.17) is 10.00 Å². The predicted octanol–water partition coefficient (Wildman–Crippen LogP) is 2.45. The Labute approximate surface area is 120 Å². The molecule has 0 spiro atoms. The number of H-pyrrole nitrogens is 1. The molecule has 0 amide bonds. The van der Waals surface area contributed by atoms with Gasteiger partial charge in [-0.3, -0.25) is 5.10 Å². The van der Waals surface area contributed by atoms with Crippen LogP contribution in [0.3, 0.4) is 0 Å². The predicted molar refractivity (Wildman–Crippen MR) is 77.1 cm³/mol. The van der Waals surface area contributed by atoms with Gasteiger partial charge < -0.3 is 10.1 Å². The number of nitrogens with one attached hydrogen (secondary N) is 2. The van der Waals surface area contributed by atoms with E-state index in [0.29, 0.717) is 40.7 Å². The van der Waals surface area contributed by atoms with Crippen LogP contribution in [0.15, 0.2) is 30.5 Å². The van der Waals surface area contributed by atoms with E-state index in [9.17, 15) is 0 Å². The molecule has 2 aromatic heterocycles. The van der Waals surface area contributed by atoms with Crippen molar-refractivity contribution in [1.82, 2.24) is 20.2 Å². The third kappa shape index (κ3) is 2.60. The lowest BCUT2D eigenvalue weighted by Crippen LogP contribution is -2.03. The van der Waals surface area contributed by atoms with Crippen LogP contribution in [-0.4, -0.2) is 26.7 Å². The number of benzene rings is 1. The number of fused-ring (bicyclic) bond motifs is 1. The minimum absolute atomic E-state index is 0.411. The number of anilines is 1. The fourth-order valence-corrected chi connectivity index (χ4v) is 1.83. The lowest BCUT2D eigenvalue weighted by Gasteiger charge is -2.08. The Balaban J connectivity index is 1.98. The second-order valence-corrected chi connectivity index (χ2v) is 4.25. The zero-order valence-corrected chi connectivity index (χ0v) is 11.3. The first-order chi connectivity index (χ1) is 10.3. The third-order valence-corrected chi connectivity index (χ3v) is 2.81. The van der Waals surface area contributed by atoms with E-state index in [1.54, 1.807) is 30.5 Å². The number of nitrogens with zero attached hydrogens (tertiary/aromatic N) is 4. The summed E-state index contributed by atoms with van der Waals surface area (Å²) in [6.07, 6.45) is 1.62. The summed E-state index contributed by atoms with van der Waals surface area (Å²) in [5.74, 6) is 1.48. The summed E-state index contributed by atoms with van der Waals surface area (Å²) in [4.78, 5) is 8.62. The van der Waals surface area contributed by atoms with E-state index < -0.39 is 0 Å². The van der Waals surface area contributed by atoms with Gasteiger partial charge in [0.2, 0.25) is 11.8 Å². The molecule has 2 heterocycles. The Morgan fingerprint density at radius 2 is 2.10 bits per heavy atom. The molecule has 0 saturated heterocycles. The molecule has 0 fully saturated rings. The van der Waals surface area contributed by atoms with Crippen molar-refractivity contribution in [2.45, 2.75) is 6.92 Å². The molecule has 3 aromatic rings. The van der Waals surface area contributed by atoms with Crippen LogP contribution in [0.25, 0.3) is 11.0 Å². The van der Waals surface area contributed by atoms with Crippen molar-refractivity contribution in [3.05, 3.63) is 36.0 Å². The van der Waals surface area contributed by atoms with Gasteiger partial charge in [-0.15, -0.1) is 0 Å². The molecule has 0 aliphatic heterocycles. The first-order valence-corrected chi connectivity index (χ1v) is 6.43. The van der Waals surface area contributed by atoms with E-state index in [2.05, 4.69) is 31.6 Å². The normalized spacial score (nSPS) is 10.3. The topological polar surface area (TPSA) is 99.5 Å². The fourth-order valence-electron chi connectivity index (χ4n) is 1.83. The summed E-state index contributed by atoms with van der Waals surface area (Å²) >= 11 is 0. The Hall–Kier alpha value is -3.14. The second kappa shape index (κ2) is 5.46. The molecule has 3 rings (SSSR count). The van der Waals surface area contributed by atoms with E-state index >= 15 is 0 Å².